The van der Waals surface area contributed by atoms with Crippen LogP contribution >= 0.6 is 0 Å². The average molecular weight is 435 g/mol. The molecule has 1 saturated heterocycles. The van der Waals surface area contributed by atoms with Crippen LogP contribution in [0.3, 0.4) is 0 Å². The number of morpholine rings is 1. The highest BCUT2D eigenvalue weighted by atomic mass is 16.5. The monoisotopic (exact) mass is 435 g/mol. The molecule has 0 unspecified atom stereocenters. The molecule has 10 heteroatoms. The molecule has 0 radical (unpaired) electrons. The molecule has 0 atom stereocenters. The van der Waals surface area contributed by atoms with Crippen molar-refractivity contribution < 1.29 is 14.2 Å². The number of para-hydroxylation sites is 1. The van der Waals surface area contributed by atoms with Crippen LogP contribution in [0.4, 0.5) is 23.5 Å². The summed E-state index contributed by atoms with van der Waals surface area (Å²) >= 11 is 0. The molecule has 0 amide bonds. The zero-order valence-corrected chi connectivity index (χ0v) is 18.0. The van der Waals surface area contributed by atoms with E-state index in [0.717, 1.165) is 11.3 Å². The van der Waals surface area contributed by atoms with Gasteiger partial charge in [0, 0.05) is 30.4 Å². The molecule has 1 aliphatic heterocycles. The standard InChI is InChI=1S/C22H25N7O3/c1-30-18-9-8-16(19(14-18)31-2)15-23-28-21-25-20(24-17-6-4-3-5-7-17)26-22(27-21)29-10-12-32-13-11-29/h3-9,14-15H,10-13H2,1-2H3,(H2,24,25,26,27,28)/b23-15+. The lowest BCUT2D eigenvalue weighted by Gasteiger charge is -2.27. The Hall–Kier alpha value is -3.92. The van der Waals surface area contributed by atoms with Gasteiger partial charge in [-0.05, 0) is 24.3 Å². The van der Waals surface area contributed by atoms with Crippen molar-refractivity contribution in [2.24, 2.45) is 5.10 Å². The molecule has 2 N–H and O–H groups in total. The minimum atomic E-state index is 0.323. The summed E-state index contributed by atoms with van der Waals surface area (Å²) in [5.41, 5.74) is 4.56. The number of aromatic nitrogens is 3. The Balaban J connectivity index is 1.56. The number of nitrogens with one attached hydrogen (secondary N) is 2. The van der Waals surface area contributed by atoms with E-state index in [1.165, 1.54) is 0 Å². The van der Waals surface area contributed by atoms with Gasteiger partial charge in [0.15, 0.2) is 0 Å². The van der Waals surface area contributed by atoms with E-state index in [1.807, 2.05) is 42.5 Å². The number of nitrogens with zero attached hydrogens (tertiary/aromatic N) is 5. The van der Waals surface area contributed by atoms with Gasteiger partial charge in [0.05, 0.1) is 33.6 Å². The maximum atomic E-state index is 5.44. The van der Waals surface area contributed by atoms with Crippen LogP contribution in [-0.2, 0) is 4.74 Å². The molecule has 0 aliphatic carbocycles. The number of benzene rings is 2. The molecular formula is C22H25N7O3. The van der Waals surface area contributed by atoms with Gasteiger partial charge in [0.25, 0.3) is 0 Å². The summed E-state index contributed by atoms with van der Waals surface area (Å²) in [5.74, 6) is 2.65. The molecule has 4 rings (SSSR count). The minimum Gasteiger partial charge on any atom is -0.497 e. The van der Waals surface area contributed by atoms with Crippen LogP contribution in [0.25, 0.3) is 0 Å². The van der Waals surface area contributed by atoms with Crippen molar-refractivity contribution in [2.75, 3.05) is 56.2 Å². The first-order chi connectivity index (χ1) is 15.7. The van der Waals surface area contributed by atoms with Crippen molar-refractivity contribution in [2.45, 2.75) is 0 Å². The second-order valence-electron chi connectivity index (χ2n) is 6.85. The third kappa shape index (κ3) is 5.41. The molecule has 0 spiro atoms. The van der Waals surface area contributed by atoms with Crippen LogP contribution in [0.1, 0.15) is 5.56 Å². The van der Waals surface area contributed by atoms with E-state index in [4.69, 9.17) is 14.2 Å². The summed E-state index contributed by atoms with van der Waals surface area (Å²) in [5, 5.41) is 7.51. The van der Waals surface area contributed by atoms with Gasteiger partial charge in [0.2, 0.25) is 17.8 Å². The number of methoxy groups -OCH3 is 2. The van der Waals surface area contributed by atoms with Gasteiger partial charge >= 0.3 is 0 Å². The lowest BCUT2D eigenvalue weighted by atomic mass is 10.2. The second-order valence-corrected chi connectivity index (χ2v) is 6.85. The first-order valence-electron chi connectivity index (χ1n) is 10.2. The van der Waals surface area contributed by atoms with Gasteiger partial charge in [-0.2, -0.15) is 20.1 Å². The molecule has 2 heterocycles. The molecule has 1 aliphatic rings. The number of hydrogen-bond donors (Lipinski definition) is 2. The molecule has 1 fully saturated rings. The second kappa shape index (κ2) is 10.4. The Morgan fingerprint density at radius 3 is 2.50 bits per heavy atom. The third-order valence-electron chi connectivity index (χ3n) is 4.76. The Morgan fingerprint density at radius 2 is 1.75 bits per heavy atom. The largest absolute Gasteiger partial charge is 0.497 e. The highest BCUT2D eigenvalue weighted by Gasteiger charge is 2.16. The van der Waals surface area contributed by atoms with Gasteiger partial charge in [0.1, 0.15) is 11.5 Å². The molecule has 2 aromatic carbocycles. The van der Waals surface area contributed by atoms with Crippen LogP contribution in [0, 0.1) is 0 Å². The molecule has 0 bridgehead atoms. The van der Waals surface area contributed by atoms with E-state index < -0.39 is 0 Å². The SMILES string of the molecule is COc1ccc(/C=N/Nc2nc(Nc3ccccc3)nc(N3CCOCC3)n2)c(OC)c1. The van der Waals surface area contributed by atoms with Crippen molar-refractivity contribution >= 4 is 29.7 Å². The number of ether oxygens (including phenoxy) is 3. The van der Waals surface area contributed by atoms with Crippen LogP contribution in [0.5, 0.6) is 11.5 Å². The number of hydrazone groups is 1. The lowest BCUT2D eigenvalue weighted by molar-refractivity contribution is 0.122. The van der Waals surface area contributed by atoms with Crippen molar-refractivity contribution in [3.05, 3.63) is 54.1 Å². The molecule has 32 heavy (non-hydrogen) atoms. The zero-order chi connectivity index (χ0) is 22.2. The zero-order valence-electron chi connectivity index (χ0n) is 18.0. The summed E-state index contributed by atoms with van der Waals surface area (Å²) in [6.07, 6.45) is 1.64. The predicted molar refractivity (Wildman–Crippen MR) is 123 cm³/mol. The number of hydrogen-bond acceptors (Lipinski definition) is 10. The topological polar surface area (TPSA) is 106 Å². The Labute approximate surface area is 186 Å². The van der Waals surface area contributed by atoms with E-state index in [9.17, 15) is 0 Å². The summed E-state index contributed by atoms with van der Waals surface area (Å²) in [6, 6.07) is 15.2. The van der Waals surface area contributed by atoms with E-state index in [2.05, 4.69) is 35.7 Å². The fraction of sp³-hybridized carbons (Fsp3) is 0.273. The maximum Gasteiger partial charge on any atom is 0.250 e. The van der Waals surface area contributed by atoms with Crippen LogP contribution < -0.4 is 25.1 Å². The Bertz CT molecular complexity index is 1060. The molecule has 10 nitrogen and oxygen atoms in total. The first-order valence-corrected chi connectivity index (χ1v) is 10.2. The normalized spacial score (nSPS) is 13.8. The minimum absolute atomic E-state index is 0.323. The Kier molecular flexibility index (Phi) is 6.93. The summed E-state index contributed by atoms with van der Waals surface area (Å²) < 4.78 is 16.1. The van der Waals surface area contributed by atoms with Crippen molar-refractivity contribution in [3.63, 3.8) is 0 Å². The van der Waals surface area contributed by atoms with Gasteiger partial charge in [-0.1, -0.05) is 18.2 Å². The van der Waals surface area contributed by atoms with Crippen molar-refractivity contribution in [3.8, 4) is 11.5 Å². The van der Waals surface area contributed by atoms with Gasteiger partial charge in [-0.3, -0.25) is 0 Å². The quantitative estimate of drug-likeness (QED) is 0.408. The van der Waals surface area contributed by atoms with E-state index >= 15 is 0 Å². The number of rotatable bonds is 8. The van der Waals surface area contributed by atoms with Gasteiger partial charge in [-0.25, -0.2) is 5.43 Å². The van der Waals surface area contributed by atoms with Gasteiger partial charge < -0.3 is 24.4 Å². The van der Waals surface area contributed by atoms with E-state index in [0.29, 0.717) is 55.6 Å². The molecular weight excluding hydrogens is 410 g/mol. The molecule has 3 aromatic rings. The first kappa shape index (κ1) is 21.3. The van der Waals surface area contributed by atoms with Gasteiger partial charge in [-0.15, -0.1) is 0 Å². The van der Waals surface area contributed by atoms with Crippen molar-refractivity contribution in [1.29, 1.82) is 0 Å². The molecule has 1 aromatic heterocycles. The van der Waals surface area contributed by atoms with Crippen LogP contribution in [0.2, 0.25) is 0 Å². The molecule has 0 saturated carbocycles. The van der Waals surface area contributed by atoms with E-state index in [-0.39, 0.29) is 0 Å². The maximum absolute atomic E-state index is 5.44. The van der Waals surface area contributed by atoms with Crippen LogP contribution in [0.15, 0.2) is 53.6 Å². The molecule has 166 valence electrons. The lowest BCUT2D eigenvalue weighted by Crippen LogP contribution is -2.37. The summed E-state index contributed by atoms with van der Waals surface area (Å²) in [7, 11) is 3.21. The summed E-state index contributed by atoms with van der Waals surface area (Å²) in [4.78, 5) is 15.6. The highest BCUT2D eigenvalue weighted by Crippen LogP contribution is 2.23. The van der Waals surface area contributed by atoms with Crippen LogP contribution in [-0.4, -0.2) is 61.7 Å². The third-order valence-corrected chi connectivity index (χ3v) is 4.76. The Morgan fingerprint density at radius 1 is 0.969 bits per heavy atom. The fourth-order valence-electron chi connectivity index (χ4n) is 3.11. The predicted octanol–water partition coefficient (Wildman–Crippen LogP) is 2.92. The average Bonchev–Trinajstić information content (AvgIpc) is 2.85. The number of anilines is 4. The smallest absolute Gasteiger partial charge is 0.250 e. The highest BCUT2D eigenvalue weighted by molar-refractivity contribution is 5.84. The van der Waals surface area contributed by atoms with E-state index in [1.54, 1.807) is 26.5 Å². The fourth-order valence-corrected chi connectivity index (χ4v) is 3.11. The van der Waals surface area contributed by atoms with Crippen molar-refractivity contribution in [1.82, 2.24) is 15.0 Å². The summed E-state index contributed by atoms with van der Waals surface area (Å²) in [6.45, 7) is 2.68.